The van der Waals surface area contributed by atoms with Crippen molar-refractivity contribution in [1.82, 2.24) is 4.90 Å². The molecule has 5 heteroatoms. The highest BCUT2D eigenvalue weighted by Gasteiger charge is 2.19. The van der Waals surface area contributed by atoms with Gasteiger partial charge in [0.15, 0.2) is 0 Å². The Labute approximate surface area is 175 Å². The first-order valence-electron chi connectivity index (χ1n) is 9.79. The van der Waals surface area contributed by atoms with Gasteiger partial charge in [0.05, 0.1) is 12.3 Å². The van der Waals surface area contributed by atoms with Crippen molar-refractivity contribution in [2.24, 2.45) is 0 Å². The van der Waals surface area contributed by atoms with Crippen LogP contribution < -0.4 is 9.64 Å². The molecule has 0 saturated carbocycles. The average molecular weight is 411 g/mol. The first kappa shape index (κ1) is 19.2. The zero-order chi connectivity index (χ0) is 19.2. The first-order valence-corrected chi connectivity index (χ1v) is 11.7. The normalized spacial score (nSPS) is 14.8. The Morgan fingerprint density at radius 3 is 2.25 bits per heavy atom. The van der Waals surface area contributed by atoms with E-state index in [4.69, 9.17) is 4.74 Å². The quantitative estimate of drug-likeness (QED) is 0.514. The fraction of sp³-hybridized carbons (Fsp3) is 0.304. The van der Waals surface area contributed by atoms with Crippen molar-refractivity contribution in [2.45, 2.75) is 6.92 Å². The Kier molecular flexibility index (Phi) is 6.47. The predicted molar refractivity (Wildman–Crippen MR) is 122 cm³/mol. The maximum atomic E-state index is 5.82. The summed E-state index contributed by atoms with van der Waals surface area (Å²) in [6, 6.07) is 12.8. The maximum Gasteiger partial charge on any atom is 0.142 e. The van der Waals surface area contributed by atoms with Crippen LogP contribution in [0.25, 0.3) is 5.57 Å². The van der Waals surface area contributed by atoms with Crippen LogP contribution in [-0.4, -0.2) is 44.2 Å². The van der Waals surface area contributed by atoms with Gasteiger partial charge in [0, 0.05) is 32.7 Å². The summed E-state index contributed by atoms with van der Waals surface area (Å²) in [5, 5.41) is 8.80. The van der Waals surface area contributed by atoms with Crippen molar-refractivity contribution in [3.05, 3.63) is 75.1 Å². The molecule has 0 aliphatic carbocycles. The van der Waals surface area contributed by atoms with Crippen LogP contribution >= 0.6 is 22.7 Å². The summed E-state index contributed by atoms with van der Waals surface area (Å²) in [5.74, 6) is 0.996. The lowest BCUT2D eigenvalue weighted by Crippen LogP contribution is -2.46. The molecule has 4 rings (SSSR count). The molecule has 0 radical (unpaired) electrons. The third-order valence-corrected chi connectivity index (χ3v) is 6.46. The zero-order valence-electron chi connectivity index (χ0n) is 16.2. The van der Waals surface area contributed by atoms with E-state index in [-0.39, 0.29) is 0 Å². The van der Waals surface area contributed by atoms with Crippen molar-refractivity contribution in [3.63, 3.8) is 0 Å². The zero-order valence-corrected chi connectivity index (χ0v) is 17.8. The molecule has 0 amide bonds. The Morgan fingerprint density at radius 2 is 1.64 bits per heavy atom. The molecule has 28 heavy (non-hydrogen) atoms. The number of ether oxygens (including phenoxy) is 1. The monoisotopic (exact) mass is 410 g/mol. The summed E-state index contributed by atoms with van der Waals surface area (Å²) in [6.07, 6.45) is 2.40. The van der Waals surface area contributed by atoms with Gasteiger partial charge in [-0.1, -0.05) is 18.2 Å². The summed E-state index contributed by atoms with van der Waals surface area (Å²) in [5.41, 5.74) is 5.23. The van der Waals surface area contributed by atoms with Gasteiger partial charge < -0.3 is 9.64 Å². The van der Waals surface area contributed by atoms with Gasteiger partial charge in [-0.05, 0) is 69.4 Å². The van der Waals surface area contributed by atoms with Crippen molar-refractivity contribution in [2.75, 3.05) is 44.2 Å². The molecule has 1 aliphatic heterocycles. The lowest BCUT2D eigenvalue weighted by molar-refractivity contribution is 0.281. The van der Waals surface area contributed by atoms with Gasteiger partial charge in [0.2, 0.25) is 0 Å². The van der Waals surface area contributed by atoms with E-state index in [2.05, 4.69) is 67.7 Å². The van der Waals surface area contributed by atoms with Crippen molar-refractivity contribution in [3.8, 4) is 5.75 Å². The molecule has 0 spiro atoms. The number of para-hydroxylation sites is 2. The molecule has 146 valence electrons. The fourth-order valence-corrected chi connectivity index (χ4v) is 4.94. The number of hydrogen-bond acceptors (Lipinski definition) is 5. The molecule has 1 aliphatic rings. The Morgan fingerprint density at radius 1 is 0.964 bits per heavy atom. The third kappa shape index (κ3) is 4.49. The molecule has 3 heterocycles. The second-order valence-corrected chi connectivity index (χ2v) is 8.39. The van der Waals surface area contributed by atoms with Crippen molar-refractivity contribution in [1.29, 1.82) is 0 Å². The van der Waals surface area contributed by atoms with Crippen molar-refractivity contribution < 1.29 is 4.74 Å². The Bertz CT molecular complexity index is 843. The number of rotatable bonds is 7. The van der Waals surface area contributed by atoms with E-state index in [0.29, 0.717) is 6.61 Å². The molecule has 0 atom stereocenters. The van der Waals surface area contributed by atoms with Crippen LogP contribution in [0.2, 0.25) is 0 Å². The first-order chi connectivity index (χ1) is 13.8. The highest BCUT2D eigenvalue weighted by atomic mass is 32.1. The van der Waals surface area contributed by atoms with Crippen LogP contribution in [0, 0.1) is 0 Å². The molecule has 0 unspecified atom stereocenters. The highest BCUT2D eigenvalue weighted by Crippen LogP contribution is 2.29. The summed E-state index contributed by atoms with van der Waals surface area (Å²) < 4.78 is 5.82. The van der Waals surface area contributed by atoms with Gasteiger partial charge in [-0.2, -0.15) is 22.7 Å². The van der Waals surface area contributed by atoms with Gasteiger partial charge in [-0.25, -0.2) is 0 Å². The van der Waals surface area contributed by atoms with Crippen LogP contribution in [0.4, 0.5) is 5.69 Å². The van der Waals surface area contributed by atoms with Crippen LogP contribution in [-0.2, 0) is 0 Å². The van der Waals surface area contributed by atoms with E-state index in [9.17, 15) is 0 Å². The summed E-state index contributed by atoms with van der Waals surface area (Å²) in [4.78, 5) is 4.99. The number of hydrogen-bond donors (Lipinski definition) is 0. The standard InChI is InChI=1S/C23H26N2OS2/c1-2-26-23-6-4-3-5-22(23)25-13-11-24(12-14-25)10-7-21(19-8-15-27-17-19)20-9-16-28-18-20/h3-9,15-18H,2,10-14H2,1H3. The lowest BCUT2D eigenvalue weighted by atomic mass is 10.0. The van der Waals surface area contributed by atoms with E-state index in [0.717, 1.165) is 38.5 Å². The van der Waals surface area contributed by atoms with Crippen LogP contribution in [0.1, 0.15) is 18.1 Å². The molecule has 3 nitrogen and oxygen atoms in total. The summed E-state index contributed by atoms with van der Waals surface area (Å²) in [7, 11) is 0. The van der Waals surface area contributed by atoms with E-state index >= 15 is 0 Å². The smallest absolute Gasteiger partial charge is 0.142 e. The second-order valence-electron chi connectivity index (χ2n) is 6.83. The molecule has 1 saturated heterocycles. The topological polar surface area (TPSA) is 15.7 Å². The van der Waals surface area contributed by atoms with E-state index < -0.39 is 0 Å². The SMILES string of the molecule is CCOc1ccccc1N1CCN(CC=C(c2ccsc2)c2ccsc2)CC1. The van der Waals surface area contributed by atoms with Crippen LogP contribution in [0.15, 0.2) is 64.0 Å². The molecule has 2 aromatic heterocycles. The van der Waals surface area contributed by atoms with E-state index in [1.54, 1.807) is 22.7 Å². The molecular weight excluding hydrogens is 384 g/mol. The molecule has 0 bridgehead atoms. The van der Waals surface area contributed by atoms with Crippen molar-refractivity contribution >= 4 is 33.9 Å². The number of thiophene rings is 2. The van der Waals surface area contributed by atoms with Gasteiger partial charge in [0.1, 0.15) is 5.75 Å². The Hall–Kier alpha value is -2.08. The van der Waals surface area contributed by atoms with Gasteiger partial charge in [0.25, 0.3) is 0 Å². The number of nitrogens with zero attached hydrogens (tertiary/aromatic N) is 2. The van der Waals surface area contributed by atoms with Crippen LogP contribution in [0.3, 0.4) is 0 Å². The average Bonchev–Trinajstić information content (AvgIpc) is 3.44. The largest absolute Gasteiger partial charge is 0.492 e. The number of piperazine rings is 1. The minimum Gasteiger partial charge on any atom is -0.492 e. The molecule has 1 fully saturated rings. The van der Waals surface area contributed by atoms with Crippen LogP contribution in [0.5, 0.6) is 5.75 Å². The minimum atomic E-state index is 0.704. The Balaban J connectivity index is 1.41. The third-order valence-electron chi connectivity index (χ3n) is 5.10. The van der Waals surface area contributed by atoms with Gasteiger partial charge >= 0.3 is 0 Å². The maximum absolute atomic E-state index is 5.82. The van der Waals surface area contributed by atoms with E-state index in [1.807, 2.05) is 13.0 Å². The number of benzene rings is 1. The molecule has 3 aromatic rings. The predicted octanol–water partition coefficient (Wildman–Crippen LogP) is 5.46. The second kappa shape index (κ2) is 9.41. The van der Waals surface area contributed by atoms with Gasteiger partial charge in [-0.15, -0.1) is 0 Å². The fourth-order valence-electron chi connectivity index (χ4n) is 3.63. The lowest BCUT2D eigenvalue weighted by Gasteiger charge is -2.36. The summed E-state index contributed by atoms with van der Waals surface area (Å²) in [6.45, 7) is 7.93. The summed E-state index contributed by atoms with van der Waals surface area (Å²) >= 11 is 3.52. The highest BCUT2D eigenvalue weighted by molar-refractivity contribution is 7.08. The molecule has 0 N–H and O–H groups in total. The van der Waals surface area contributed by atoms with Gasteiger partial charge in [-0.3, -0.25) is 4.90 Å². The molecule has 1 aromatic carbocycles. The number of anilines is 1. The minimum absolute atomic E-state index is 0.704. The van der Waals surface area contributed by atoms with E-state index in [1.165, 1.54) is 22.4 Å². The molecular formula is C23H26N2OS2.